The van der Waals surface area contributed by atoms with Gasteiger partial charge in [-0.1, -0.05) is 6.92 Å². The average molecular weight is 510 g/mol. The Morgan fingerprint density at radius 1 is 1.48 bits per heavy atom. The van der Waals surface area contributed by atoms with E-state index in [0.717, 1.165) is 24.9 Å². The van der Waals surface area contributed by atoms with Gasteiger partial charge in [0.15, 0.2) is 0 Å². The van der Waals surface area contributed by atoms with Gasteiger partial charge in [-0.3, -0.25) is 4.79 Å². The largest absolute Gasteiger partial charge is 0.495 e. The highest BCUT2D eigenvalue weighted by Crippen LogP contribution is 2.29. The average Bonchev–Trinajstić information content (AvgIpc) is 2.44. The van der Waals surface area contributed by atoms with E-state index in [1.54, 1.807) is 13.2 Å². The van der Waals surface area contributed by atoms with Crippen LogP contribution in [0.2, 0.25) is 0 Å². The minimum absolute atomic E-state index is 0.0467. The molecule has 112 valence electrons. The van der Waals surface area contributed by atoms with Crippen molar-refractivity contribution < 1.29 is 9.53 Å². The maximum Gasteiger partial charge on any atom is 0.262 e. The highest BCUT2D eigenvalue weighted by atomic mass is 127. The molecule has 0 bridgehead atoms. The summed E-state index contributed by atoms with van der Waals surface area (Å²) >= 11 is 4.34. The molecule has 0 aliphatic carbocycles. The number of nitrogens with one attached hydrogen (secondary N) is 1. The zero-order valence-electron chi connectivity index (χ0n) is 12.0. The summed E-state index contributed by atoms with van der Waals surface area (Å²) in [4.78, 5) is 12.0. The van der Waals surface area contributed by atoms with Gasteiger partial charge in [0.1, 0.15) is 17.4 Å². The lowest BCUT2D eigenvalue weighted by Crippen LogP contribution is -2.32. The zero-order chi connectivity index (χ0) is 16.0. The molecular weight excluding hydrogens is 494 g/mol. The van der Waals surface area contributed by atoms with Crippen LogP contribution in [0.15, 0.2) is 17.7 Å². The van der Waals surface area contributed by atoms with Gasteiger partial charge in [-0.05, 0) is 82.3 Å². The second kappa shape index (κ2) is 8.58. The molecule has 0 heterocycles. The lowest BCUT2D eigenvalue weighted by Gasteiger charge is -2.11. The number of amides is 1. The van der Waals surface area contributed by atoms with Crippen molar-refractivity contribution in [1.82, 2.24) is 5.32 Å². The summed E-state index contributed by atoms with van der Waals surface area (Å²) in [6.07, 6.45) is 2.42. The van der Waals surface area contributed by atoms with Gasteiger partial charge >= 0.3 is 0 Å². The Hall–Kier alpha value is -0.820. The van der Waals surface area contributed by atoms with Crippen molar-refractivity contribution in [2.75, 3.05) is 7.11 Å². The fourth-order valence-electron chi connectivity index (χ4n) is 1.58. The number of methoxy groups -OCH3 is 1. The summed E-state index contributed by atoms with van der Waals surface area (Å²) in [6, 6.07) is 5.78. The summed E-state index contributed by atoms with van der Waals surface area (Å²) in [6.45, 7) is 3.89. The van der Waals surface area contributed by atoms with Crippen molar-refractivity contribution in [3.63, 3.8) is 0 Å². The van der Waals surface area contributed by atoms with E-state index in [4.69, 9.17) is 4.74 Å². The maximum atomic E-state index is 12.0. The molecule has 1 aromatic rings. The zero-order valence-corrected chi connectivity index (χ0v) is 16.4. The van der Waals surface area contributed by atoms with Crippen LogP contribution in [0.1, 0.15) is 25.8 Å². The molecule has 0 aliphatic heterocycles. The maximum absolute atomic E-state index is 12.0. The minimum Gasteiger partial charge on any atom is -0.495 e. The van der Waals surface area contributed by atoms with Gasteiger partial charge in [0.2, 0.25) is 0 Å². The molecule has 0 aliphatic rings. The highest BCUT2D eigenvalue weighted by molar-refractivity contribution is 14.1. The normalized spacial score (nSPS) is 12.5. The van der Waals surface area contributed by atoms with Gasteiger partial charge in [0.25, 0.3) is 5.91 Å². The number of hydrogen-bond donors (Lipinski definition) is 1. The Bertz CT molecular complexity index is 583. The number of halogens is 2. The lowest BCUT2D eigenvalue weighted by molar-refractivity contribution is -0.117. The highest BCUT2D eigenvalue weighted by Gasteiger charge is 2.13. The van der Waals surface area contributed by atoms with E-state index in [2.05, 4.69) is 50.5 Å². The van der Waals surface area contributed by atoms with Gasteiger partial charge in [0, 0.05) is 6.04 Å². The molecule has 0 radical (unpaired) electrons. The summed E-state index contributed by atoms with van der Waals surface area (Å²) in [7, 11) is 1.62. The van der Waals surface area contributed by atoms with Crippen LogP contribution in [0, 0.1) is 18.5 Å². The first-order chi connectivity index (χ1) is 9.92. The van der Waals surface area contributed by atoms with Crippen LogP contribution in [-0.4, -0.2) is 19.1 Å². The minimum atomic E-state index is -0.340. The Kier molecular flexibility index (Phi) is 7.45. The van der Waals surface area contributed by atoms with Crippen LogP contribution < -0.4 is 10.1 Å². The third-order valence-corrected chi connectivity index (χ3v) is 4.49. The first-order valence-electron chi connectivity index (χ1n) is 6.38. The van der Waals surface area contributed by atoms with E-state index >= 15 is 0 Å². The van der Waals surface area contributed by atoms with Gasteiger partial charge in [-0.2, -0.15) is 5.26 Å². The van der Waals surface area contributed by atoms with E-state index in [9.17, 15) is 10.1 Å². The second-order valence-electron chi connectivity index (χ2n) is 4.47. The van der Waals surface area contributed by atoms with Crippen molar-refractivity contribution in [2.45, 2.75) is 26.3 Å². The third-order valence-electron chi connectivity index (χ3n) is 2.89. The Morgan fingerprint density at radius 2 is 2.05 bits per heavy atom. The van der Waals surface area contributed by atoms with Crippen molar-refractivity contribution in [3.8, 4) is 11.8 Å². The standard InChI is InChI=1S/C15H16I2N2O2/c1-4-9(2)19-15(20)11(8-18)5-10-6-12(16)14(21-3)13(17)7-10/h5-7,9H,4H2,1-3H3,(H,19,20)/b11-5+/t9-/m1/s1. The monoisotopic (exact) mass is 510 g/mol. The summed E-state index contributed by atoms with van der Waals surface area (Å²) in [5.41, 5.74) is 0.910. The fourth-order valence-corrected chi connectivity index (χ4v) is 3.83. The quantitative estimate of drug-likeness (QED) is 0.374. The van der Waals surface area contributed by atoms with Crippen molar-refractivity contribution in [1.29, 1.82) is 5.26 Å². The Balaban J connectivity index is 3.10. The Morgan fingerprint density at radius 3 is 2.48 bits per heavy atom. The summed E-state index contributed by atoms with van der Waals surface area (Å²) in [5, 5.41) is 12.0. The van der Waals surface area contributed by atoms with E-state index < -0.39 is 0 Å². The van der Waals surface area contributed by atoms with Gasteiger partial charge in [0.05, 0.1) is 14.3 Å². The van der Waals surface area contributed by atoms with Gasteiger partial charge in [-0.15, -0.1) is 0 Å². The van der Waals surface area contributed by atoms with Gasteiger partial charge < -0.3 is 10.1 Å². The van der Waals surface area contributed by atoms with Crippen molar-refractivity contribution in [2.24, 2.45) is 0 Å². The molecule has 21 heavy (non-hydrogen) atoms. The number of nitriles is 1. The molecular formula is C15H16I2N2O2. The number of ether oxygens (including phenoxy) is 1. The molecule has 6 heteroatoms. The van der Waals surface area contributed by atoms with E-state index in [0.29, 0.717) is 0 Å². The van der Waals surface area contributed by atoms with E-state index in [-0.39, 0.29) is 17.5 Å². The molecule has 0 aromatic heterocycles. The lowest BCUT2D eigenvalue weighted by atomic mass is 10.1. The molecule has 0 saturated heterocycles. The van der Waals surface area contributed by atoms with Crippen LogP contribution >= 0.6 is 45.2 Å². The number of rotatable bonds is 5. The van der Waals surface area contributed by atoms with E-state index in [1.807, 2.05) is 32.0 Å². The molecule has 0 fully saturated rings. The predicted molar refractivity (Wildman–Crippen MR) is 99.9 cm³/mol. The molecule has 1 N–H and O–H groups in total. The molecule has 1 amide bonds. The molecule has 0 saturated carbocycles. The smallest absolute Gasteiger partial charge is 0.262 e. The number of benzene rings is 1. The van der Waals surface area contributed by atoms with Crippen LogP contribution in [-0.2, 0) is 4.79 Å². The van der Waals surface area contributed by atoms with Crippen molar-refractivity contribution >= 4 is 57.2 Å². The molecule has 1 aromatic carbocycles. The second-order valence-corrected chi connectivity index (χ2v) is 6.79. The first kappa shape index (κ1) is 18.2. The number of hydrogen-bond acceptors (Lipinski definition) is 3. The number of nitrogens with zero attached hydrogens (tertiary/aromatic N) is 1. The molecule has 4 nitrogen and oxygen atoms in total. The van der Waals surface area contributed by atoms with Crippen LogP contribution in [0.5, 0.6) is 5.75 Å². The first-order valence-corrected chi connectivity index (χ1v) is 8.54. The number of carbonyl (C=O) groups is 1. The van der Waals surface area contributed by atoms with Crippen molar-refractivity contribution in [3.05, 3.63) is 30.4 Å². The van der Waals surface area contributed by atoms with Crippen LogP contribution in [0.3, 0.4) is 0 Å². The summed E-state index contributed by atoms with van der Waals surface area (Å²) < 4.78 is 7.17. The predicted octanol–water partition coefficient (Wildman–Crippen LogP) is 3.73. The van der Waals surface area contributed by atoms with Gasteiger partial charge in [-0.25, -0.2) is 0 Å². The molecule has 1 atom stereocenters. The van der Waals surface area contributed by atoms with Crippen LogP contribution in [0.25, 0.3) is 6.08 Å². The third kappa shape index (κ3) is 5.14. The SMILES string of the molecule is CC[C@@H](C)NC(=O)/C(C#N)=C/c1cc(I)c(OC)c(I)c1. The fraction of sp³-hybridized carbons (Fsp3) is 0.333. The Labute approximate surface area is 152 Å². The van der Waals surface area contributed by atoms with Crippen LogP contribution in [0.4, 0.5) is 0 Å². The summed E-state index contributed by atoms with van der Waals surface area (Å²) in [5.74, 6) is 0.462. The van der Waals surface area contributed by atoms with E-state index in [1.165, 1.54) is 0 Å². The molecule has 1 rings (SSSR count). The molecule has 0 spiro atoms. The molecule has 0 unspecified atom stereocenters. The topological polar surface area (TPSA) is 62.1 Å². The number of carbonyl (C=O) groups excluding carboxylic acids is 1.